The number of nitrogens with zero attached hydrogens (tertiary/aromatic N) is 3. The zero-order chi connectivity index (χ0) is 13.5. The molecular weight excluding hydrogens is 248 g/mol. The average molecular weight is 262 g/mol. The Kier molecular flexibility index (Phi) is 3.02. The summed E-state index contributed by atoms with van der Waals surface area (Å²) in [5, 5.41) is 39.4. The largest absolute Gasteiger partial charge is 0.392 e. The maximum atomic E-state index is 11.9. The second kappa shape index (κ2) is 4.24. The van der Waals surface area contributed by atoms with E-state index in [1.54, 1.807) is 0 Å². The molecule has 0 aromatic carbocycles. The van der Waals surface area contributed by atoms with Gasteiger partial charge in [-0.1, -0.05) is 0 Å². The van der Waals surface area contributed by atoms with Crippen molar-refractivity contribution in [2.75, 3.05) is 26.8 Å². The number of hydrogen-bond acceptors (Lipinski definition) is 6. The Balaban J connectivity index is 2.51. The molecule has 0 aromatic rings. The van der Waals surface area contributed by atoms with Gasteiger partial charge in [-0.2, -0.15) is 0 Å². The van der Waals surface area contributed by atoms with Gasteiger partial charge >= 0.3 is 12.1 Å². The summed E-state index contributed by atoms with van der Waals surface area (Å²) < 4.78 is 0. The maximum Gasteiger partial charge on any atom is 0.327 e. The number of aliphatic hydroxyl groups is 4. The quantitative estimate of drug-likeness (QED) is 0.358. The van der Waals surface area contributed by atoms with Gasteiger partial charge in [-0.05, 0) is 0 Å². The molecule has 10 nitrogen and oxygen atoms in total. The van der Waals surface area contributed by atoms with E-state index < -0.39 is 50.7 Å². The molecule has 2 unspecified atom stereocenters. The van der Waals surface area contributed by atoms with Crippen LogP contribution in [-0.4, -0.2) is 85.8 Å². The van der Waals surface area contributed by atoms with Gasteiger partial charge in [0.05, 0.1) is 6.61 Å². The second-order valence-corrected chi connectivity index (χ2v) is 3.92. The lowest BCUT2D eigenvalue weighted by Gasteiger charge is -2.38. The number of carbonyl (C=O) groups is 2. The van der Waals surface area contributed by atoms with Gasteiger partial charge in [0.2, 0.25) is 0 Å². The van der Waals surface area contributed by atoms with Crippen molar-refractivity contribution in [2.45, 2.75) is 11.8 Å². The van der Waals surface area contributed by atoms with Crippen LogP contribution in [0.2, 0.25) is 0 Å². The minimum atomic E-state index is -1.62. The van der Waals surface area contributed by atoms with E-state index in [2.05, 4.69) is 5.32 Å². The van der Waals surface area contributed by atoms with Gasteiger partial charge in [0, 0.05) is 0 Å². The molecule has 2 rings (SSSR count). The van der Waals surface area contributed by atoms with Crippen molar-refractivity contribution >= 4 is 12.1 Å². The number of urea groups is 2. The van der Waals surface area contributed by atoms with Crippen molar-refractivity contribution in [3.8, 4) is 0 Å². The Labute approximate surface area is 102 Å². The molecule has 0 aliphatic carbocycles. The van der Waals surface area contributed by atoms with E-state index in [0.717, 1.165) is 14.7 Å². The second-order valence-electron chi connectivity index (χ2n) is 3.92. The molecule has 102 valence electrons. The van der Waals surface area contributed by atoms with Crippen LogP contribution in [0.3, 0.4) is 0 Å². The van der Waals surface area contributed by atoms with Gasteiger partial charge in [-0.3, -0.25) is 14.7 Å². The maximum absolute atomic E-state index is 11.9. The highest BCUT2D eigenvalue weighted by Crippen LogP contribution is 2.37. The Morgan fingerprint density at radius 3 is 2.11 bits per heavy atom. The lowest BCUT2D eigenvalue weighted by Crippen LogP contribution is -2.63. The molecule has 0 spiro atoms. The first-order valence-corrected chi connectivity index (χ1v) is 5.18. The zero-order valence-corrected chi connectivity index (χ0v) is 9.35. The normalized spacial score (nSPS) is 31.1. The van der Waals surface area contributed by atoms with E-state index >= 15 is 0 Å². The molecule has 10 heteroatoms. The van der Waals surface area contributed by atoms with Gasteiger partial charge in [-0.25, -0.2) is 9.59 Å². The molecule has 2 fully saturated rings. The van der Waals surface area contributed by atoms with Crippen LogP contribution in [-0.2, 0) is 0 Å². The van der Waals surface area contributed by atoms with Crippen LogP contribution in [0.1, 0.15) is 0 Å². The SMILES string of the molecule is O=C1NC2N(CO)C(=O)N(CO)C2(CO)N1CO. The Morgan fingerprint density at radius 1 is 1.06 bits per heavy atom. The van der Waals surface area contributed by atoms with Gasteiger partial charge in [0.15, 0.2) is 11.8 Å². The van der Waals surface area contributed by atoms with Gasteiger partial charge < -0.3 is 25.7 Å². The van der Waals surface area contributed by atoms with Gasteiger partial charge in [-0.15, -0.1) is 0 Å². The molecule has 5 N–H and O–H groups in total. The molecule has 0 bridgehead atoms. The Hall–Kier alpha value is -1.62. The number of aliphatic hydroxyl groups excluding tert-OH is 4. The number of rotatable bonds is 4. The molecule has 0 saturated carbocycles. The topological polar surface area (TPSA) is 137 Å². The van der Waals surface area contributed by atoms with Crippen LogP contribution in [0.15, 0.2) is 0 Å². The van der Waals surface area contributed by atoms with Crippen molar-refractivity contribution in [1.29, 1.82) is 0 Å². The number of amides is 4. The summed E-state index contributed by atoms with van der Waals surface area (Å²) in [5.41, 5.74) is -1.62. The summed E-state index contributed by atoms with van der Waals surface area (Å²) >= 11 is 0. The fraction of sp³-hybridized carbons (Fsp3) is 0.750. The molecular formula is C8H14N4O6. The molecule has 2 atom stereocenters. The summed E-state index contributed by atoms with van der Waals surface area (Å²) in [4.78, 5) is 26.0. The molecule has 0 radical (unpaired) electrons. The van der Waals surface area contributed by atoms with Crippen LogP contribution in [0, 0.1) is 0 Å². The van der Waals surface area contributed by atoms with E-state index in [4.69, 9.17) is 5.11 Å². The summed E-state index contributed by atoms with van der Waals surface area (Å²) in [6.07, 6.45) is -1.05. The van der Waals surface area contributed by atoms with Crippen LogP contribution in [0.25, 0.3) is 0 Å². The average Bonchev–Trinajstić information content (AvgIpc) is 2.76. The predicted molar refractivity (Wildman–Crippen MR) is 54.3 cm³/mol. The van der Waals surface area contributed by atoms with E-state index in [1.807, 2.05) is 0 Å². The lowest BCUT2D eigenvalue weighted by atomic mass is 10.1. The smallest absolute Gasteiger partial charge is 0.327 e. The fourth-order valence-corrected chi connectivity index (χ4v) is 2.45. The molecule has 0 aromatic heterocycles. The molecule has 2 aliphatic heterocycles. The molecule has 2 aliphatic rings. The third kappa shape index (κ3) is 1.25. The fourth-order valence-electron chi connectivity index (χ4n) is 2.45. The minimum absolute atomic E-state index is 0.693. The van der Waals surface area contributed by atoms with Crippen LogP contribution >= 0.6 is 0 Å². The van der Waals surface area contributed by atoms with Gasteiger partial charge in [0.1, 0.15) is 20.2 Å². The molecule has 2 heterocycles. The lowest BCUT2D eigenvalue weighted by molar-refractivity contribution is -0.0803. The number of carbonyl (C=O) groups excluding carboxylic acids is 2. The van der Waals surface area contributed by atoms with Gasteiger partial charge in [0.25, 0.3) is 0 Å². The highest BCUT2D eigenvalue weighted by atomic mass is 16.3. The summed E-state index contributed by atoms with van der Waals surface area (Å²) in [6.45, 7) is -2.90. The highest BCUT2D eigenvalue weighted by molar-refractivity contribution is 5.86. The molecule has 2 saturated heterocycles. The first-order valence-electron chi connectivity index (χ1n) is 5.18. The first-order chi connectivity index (χ1) is 8.58. The van der Waals surface area contributed by atoms with E-state index in [9.17, 15) is 24.9 Å². The zero-order valence-electron chi connectivity index (χ0n) is 9.35. The van der Waals surface area contributed by atoms with Crippen molar-refractivity contribution < 1.29 is 30.0 Å². The van der Waals surface area contributed by atoms with Crippen molar-refractivity contribution in [3.05, 3.63) is 0 Å². The summed E-state index contributed by atoms with van der Waals surface area (Å²) in [6, 6.07) is -1.46. The molecule has 4 amide bonds. The van der Waals surface area contributed by atoms with Crippen LogP contribution in [0.5, 0.6) is 0 Å². The van der Waals surface area contributed by atoms with Crippen molar-refractivity contribution in [1.82, 2.24) is 20.0 Å². The standard InChI is InChI=1S/C8H14N4O6/c13-1-8-5(9-6(17)11(8)3-15)10(2-14)7(18)12(8)4-16/h5,13-16H,1-4H2,(H,9,17). The monoisotopic (exact) mass is 262 g/mol. The molecule has 18 heavy (non-hydrogen) atoms. The highest BCUT2D eigenvalue weighted by Gasteiger charge is 2.66. The number of hydrogen-bond donors (Lipinski definition) is 5. The van der Waals surface area contributed by atoms with E-state index in [-0.39, 0.29) is 0 Å². The Morgan fingerprint density at radius 2 is 1.67 bits per heavy atom. The van der Waals surface area contributed by atoms with E-state index in [1.165, 1.54) is 0 Å². The van der Waals surface area contributed by atoms with Crippen molar-refractivity contribution in [2.24, 2.45) is 0 Å². The number of nitrogens with one attached hydrogen (secondary N) is 1. The third-order valence-electron chi connectivity index (χ3n) is 3.33. The van der Waals surface area contributed by atoms with E-state index in [0.29, 0.717) is 0 Å². The van der Waals surface area contributed by atoms with Crippen LogP contribution in [0.4, 0.5) is 9.59 Å². The minimum Gasteiger partial charge on any atom is -0.392 e. The summed E-state index contributed by atoms with van der Waals surface area (Å²) in [7, 11) is 0. The number of fused-ring (bicyclic) bond motifs is 1. The predicted octanol–water partition coefficient (Wildman–Crippen LogP) is -3.39. The summed E-state index contributed by atoms with van der Waals surface area (Å²) in [5.74, 6) is 0. The van der Waals surface area contributed by atoms with Crippen molar-refractivity contribution in [3.63, 3.8) is 0 Å². The third-order valence-corrected chi connectivity index (χ3v) is 3.33. The Bertz CT molecular complexity index is 379. The first kappa shape index (κ1) is 12.8. The van der Waals surface area contributed by atoms with Crippen LogP contribution < -0.4 is 5.32 Å².